The standard InChI is InChI=1S/C18H27N3O3/c1-3-24-16-12-8-7-11-15(16)19-13(2)17(22)21-18(23)20-14-9-5-4-6-10-14/h7-8,11-14,19H,3-6,9-10H2,1-2H3,(H2,20,21,22,23)/t13-/m0/s1. The fraction of sp³-hybridized carbons (Fsp3) is 0.556. The van der Waals surface area contributed by atoms with Crippen LogP contribution in [0.2, 0.25) is 0 Å². The van der Waals surface area contributed by atoms with Crippen molar-refractivity contribution in [2.24, 2.45) is 0 Å². The summed E-state index contributed by atoms with van der Waals surface area (Å²) in [6, 6.07) is 6.63. The van der Waals surface area contributed by atoms with E-state index in [0.29, 0.717) is 12.4 Å². The molecule has 3 amide bonds. The summed E-state index contributed by atoms with van der Waals surface area (Å²) in [5, 5.41) is 8.37. The molecule has 1 fully saturated rings. The number of urea groups is 1. The number of imide groups is 1. The lowest BCUT2D eigenvalue weighted by atomic mass is 9.96. The number of nitrogens with one attached hydrogen (secondary N) is 3. The van der Waals surface area contributed by atoms with E-state index in [2.05, 4.69) is 16.0 Å². The first kappa shape index (κ1) is 18.1. The summed E-state index contributed by atoms with van der Waals surface area (Å²) >= 11 is 0. The molecule has 6 heteroatoms. The van der Waals surface area contributed by atoms with Crippen LogP contribution in [0.25, 0.3) is 0 Å². The number of amides is 3. The van der Waals surface area contributed by atoms with Crippen LogP contribution in [0.5, 0.6) is 5.75 Å². The Morgan fingerprint density at radius 2 is 1.92 bits per heavy atom. The number of rotatable bonds is 6. The Labute approximate surface area is 143 Å². The number of benzene rings is 1. The van der Waals surface area contributed by atoms with Gasteiger partial charge in [-0.2, -0.15) is 0 Å². The van der Waals surface area contributed by atoms with Crippen molar-refractivity contribution in [3.63, 3.8) is 0 Å². The summed E-state index contributed by atoms with van der Waals surface area (Å²) in [5.74, 6) is 0.320. The summed E-state index contributed by atoms with van der Waals surface area (Å²) in [5.41, 5.74) is 0.731. The lowest BCUT2D eigenvalue weighted by Gasteiger charge is -2.23. The minimum atomic E-state index is -0.552. The van der Waals surface area contributed by atoms with Gasteiger partial charge in [-0.15, -0.1) is 0 Å². The molecule has 24 heavy (non-hydrogen) atoms. The lowest BCUT2D eigenvalue weighted by Crippen LogP contribution is -2.49. The van der Waals surface area contributed by atoms with E-state index in [9.17, 15) is 9.59 Å². The van der Waals surface area contributed by atoms with Crippen molar-refractivity contribution in [1.82, 2.24) is 10.6 Å². The zero-order chi connectivity index (χ0) is 17.4. The van der Waals surface area contributed by atoms with E-state index >= 15 is 0 Å². The van der Waals surface area contributed by atoms with Crippen LogP contribution < -0.4 is 20.7 Å². The summed E-state index contributed by atoms with van der Waals surface area (Å²) in [4.78, 5) is 24.1. The molecule has 1 aromatic rings. The van der Waals surface area contributed by atoms with Crippen LogP contribution in [0.4, 0.5) is 10.5 Å². The Hall–Kier alpha value is -2.24. The smallest absolute Gasteiger partial charge is 0.321 e. The van der Waals surface area contributed by atoms with Gasteiger partial charge in [0.1, 0.15) is 11.8 Å². The highest BCUT2D eigenvalue weighted by molar-refractivity contribution is 5.98. The van der Waals surface area contributed by atoms with Gasteiger partial charge in [-0.05, 0) is 38.8 Å². The van der Waals surface area contributed by atoms with E-state index in [4.69, 9.17) is 4.74 Å². The molecule has 0 aromatic heterocycles. The highest BCUT2D eigenvalue weighted by atomic mass is 16.5. The minimum absolute atomic E-state index is 0.175. The number of carbonyl (C=O) groups is 2. The summed E-state index contributed by atoms with van der Waals surface area (Å²) in [7, 11) is 0. The maximum atomic E-state index is 12.2. The quantitative estimate of drug-likeness (QED) is 0.747. The van der Waals surface area contributed by atoms with Gasteiger partial charge < -0.3 is 15.4 Å². The second kappa shape index (κ2) is 9.15. The number of carbonyl (C=O) groups excluding carboxylic acids is 2. The van der Waals surface area contributed by atoms with Gasteiger partial charge in [0.25, 0.3) is 0 Å². The predicted molar refractivity (Wildman–Crippen MR) is 94.2 cm³/mol. The number of hydrogen-bond donors (Lipinski definition) is 3. The Kier molecular flexibility index (Phi) is 6.90. The van der Waals surface area contributed by atoms with Crippen molar-refractivity contribution in [1.29, 1.82) is 0 Å². The first-order valence-corrected chi connectivity index (χ1v) is 8.70. The average molecular weight is 333 g/mol. The van der Waals surface area contributed by atoms with Crippen LogP contribution in [0.15, 0.2) is 24.3 Å². The molecule has 1 aromatic carbocycles. The number of ether oxygens (including phenoxy) is 1. The van der Waals surface area contributed by atoms with Crippen molar-refractivity contribution < 1.29 is 14.3 Å². The first-order valence-electron chi connectivity index (χ1n) is 8.70. The molecule has 2 rings (SSSR count). The average Bonchev–Trinajstić information content (AvgIpc) is 2.57. The Bertz CT molecular complexity index is 556. The van der Waals surface area contributed by atoms with E-state index in [1.54, 1.807) is 6.92 Å². The van der Waals surface area contributed by atoms with E-state index in [1.807, 2.05) is 31.2 Å². The van der Waals surface area contributed by atoms with Gasteiger partial charge in [-0.3, -0.25) is 10.1 Å². The molecule has 0 saturated heterocycles. The molecule has 0 bridgehead atoms. The third kappa shape index (κ3) is 5.44. The molecule has 0 unspecified atom stereocenters. The van der Waals surface area contributed by atoms with Gasteiger partial charge in [0.2, 0.25) is 5.91 Å². The van der Waals surface area contributed by atoms with Gasteiger partial charge in [-0.25, -0.2) is 4.79 Å². The maximum Gasteiger partial charge on any atom is 0.321 e. The summed E-state index contributed by atoms with van der Waals surface area (Å²) < 4.78 is 5.53. The molecule has 1 aliphatic rings. The topological polar surface area (TPSA) is 79.5 Å². The second-order valence-corrected chi connectivity index (χ2v) is 6.09. The van der Waals surface area contributed by atoms with Gasteiger partial charge in [0.15, 0.2) is 0 Å². The Morgan fingerprint density at radius 1 is 1.21 bits per heavy atom. The third-order valence-corrected chi connectivity index (χ3v) is 4.13. The van der Waals surface area contributed by atoms with E-state index in [0.717, 1.165) is 31.4 Å². The maximum absolute atomic E-state index is 12.2. The minimum Gasteiger partial charge on any atom is -0.492 e. The van der Waals surface area contributed by atoms with E-state index in [-0.39, 0.29) is 11.9 Å². The highest BCUT2D eigenvalue weighted by Gasteiger charge is 2.20. The van der Waals surface area contributed by atoms with Crippen molar-refractivity contribution in [3.05, 3.63) is 24.3 Å². The van der Waals surface area contributed by atoms with Crippen molar-refractivity contribution in [2.45, 2.75) is 58.0 Å². The summed E-state index contributed by atoms with van der Waals surface area (Å²) in [6.45, 7) is 4.16. The molecule has 0 spiro atoms. The fourth-order valence-electron chi connectivity index (χ4n) is 2.85. The van der Waals surface area contributed by atoms with Crippen molar-refractivity contribution in [3.8, 4) is 5.75 Å². The molecular formula is C18H27N3O3. The molecule has 132 valence electrons. The van der Waals surface area contributed by atoms with Crippen LogP contribution in [0.1, 0.15) is 46.0 Å². The van der Waals surface area contributed by atoms with Crippen LogP contribution in [0.3, 0.4) is 0 Å². The van der Waals surface area contributed by atoms with Gasteiger partial charge in [0.05, 0.1) is 12.3 Å². The molecule has 6 nitrogen and oxygen atoms in total. The van der Waals surface area contributed by atoms with Crippen LogP contribution in [0, 0.1) is 0 Å². The molecule has 3 N–H and O–H groups in total. The predicted octanol–water partition coefficient (Wildman–Crippen LogP) is 3.04. The molecule has 1 atom stereocenters. The molecule has 1 aliphatic carbocycles. The molecular weight excluding hydrogens is 306 g/mol. The molecule has 0 heterocycles. The largest absolute Gasteiger partial charge is 0.492 e. The molecule has 1 saturated carbocycles. The SMILES string of the molecule is CCOc1ccccc1N[C@@H](C)C(=O)NC(=O)NC1CCCCC1. The van der Waals surface area contributed by atoms with Crippen molar-refractivity contribution in [2.75, 3.05) is 11.9 Å². The number of hydrogen-bond acceptors (Lipinski definition) is 4. The van der Waals surface area contributed by atoms with Gasteiger partial charge in [0, 0.05) is 6.04 Å². The zero-order valence-corrected chi connectivity index (χ0v) is 14.4. The first-order chi connectivity index (χ1) is 11.6. The highest BCUT2D eigenvalue weighted by Crippen LogP contribution is 2.24. The second-order valence-electron chi connectivity index (χ2n) is 6.09. The molecule has 0 aliphatic heterocycles. The zero-order valence-electron chi connectivity index (χ0n) is 14.4. The van der Waals surface area contributed by atoms with Crippen LogP contribution >= 0.6 is 0 Å². The number of para-hydroxylation sites is 2. The number of anilines is 1. The lowest BCUT2D eigenvalue weighted by molar-refractivity contribution is -0.120. The fourth-order valence-corrected chi connectivity index (χ4v) is 2.85. The van der Waals surface area contributed by atoms with E-state index < -0.39 is 12.1 Å². The monoisotopic (exact) mass is 333 g/mol. The van der Waals surface area contributed by atoms with E-state index in [1.165, 1.54) is 6.42 Å². The normalized spacial score (nSPS) is 16.1. The summed E-state index contributed by atoms with van der Waals surface area (Å²) in [6.07, 6.45) is 5.45. The van der Waals surface area contributed by atoms with Crippen LogP contribution in [-0.2, 0) is 4.79 Å². The third-order valence-electron chi connectivity index (χ3n) is 4.13. The van der Waals surface area contributed by atoms with Gasteiger partial charge >= 0.3 is 6.03 Å². The van der Waals surface area contributed by atoms with Gasteiger partial charge in [-0.1, -0.05) is 31.4 Å². The Morgan fingerprint density at radius 3 is 2.62 bits per heavy atom. The van der Waals surface area contributed by atoms with Crippen LogP contribution in [-0.4, -0.2) is 30.6 Å². The Balaban J connectivity index is 1.84. The molecule has 0 radical (unpaired) electrons. The van der Waals surface area contributed by atoms with Crippen molar-refractivity contribution >= 4 is 17.6 Å².